The molecule has 1 aliphatic rings. The Kier molecular flexibility index (Phi) is 8.18. The molecule has 0 saturated carbocycles. The predicted octanol–water partition coefficient (Wildman–Crippen LogP) is 5.40. The van der Waals surface area contributed by atoms with Gasteiger partial charge in [-0.3, -0.25) is 4.90 Å². The molecule has 7 heteroatoms. The number of likely N-dealkylation sites (tertiary alicyclic amines) is 1. The van der Waals surface area contributed by atoms with Crippen molar-refractivity contribution in [2.75, 3.05) is 26.7 Å². The Bertz CT molecular complexity index is 816. The van der Waals surface area contributed by atoms with Gasteiger partial charge in [0.05, 0.1) is 16.6 Å². The molecule has 1 aliphatic heterocycles. The van der Waals surface area contributed by atoms with E-state index in [0.29, 0.717) is 28.1 Å². The van der Waals surface area contributed by atoms with Crippen LogP contribution in [-0.2, 0) is 13.2 Å². The minimum absolute atomic E-state index is 0.0204. The predicted molar refractivity (Wildman–Crippen MR) is 118 cm³/mol. The lowest BCUT2D eigenvalue weighted by Crippen LogP contribution is -2.37. The van der Waals surface area contributed by atoms with Gasteiger partial charge < -0.3 is 14.8 Å². The molecule has 158 valence electrons. The van der Waals surface area contributed by atoms with Gasteiger partial charge in [-0.1, -0.05) is 24.6 Å². The first-order chi connectivity index (χ1) is 14.0. The average molecular weight is 486 g/mol. The molecule has 1 fully saturated rings. The molecule has 3 rings (SSSR count). The quantitative estimate of drug-likeness (QED) is 0.515. The fourth-order valence-electron chi connectivity index (χ4n) is 3.76. The maximum Gasteiger partial charge on any atom is 0.175 e. The number of benzene rings is 2. The largest absolute Gasteiger partial charge is 0.493 e. The van der Waals surface area contributed by atoms with Crippen LogP contribution in [0.25, 0.3) is 0 Å². The van der Waals surface area contributed by atoms with E-state index in [1.807, 2.05) is 12.1 Å². The van der Waals surface area contributed by atoms with Crippen LogP contribution in [-0.4, -0.2) is 37.7 Å². The average Bonchev–Trinajstić information content (AvgIpc) is 3.16. The lowest BCUT2D eigenvalue weighted by Gasteiger charge is -2.23. The van der Waals surface area contributed by atoms with Gasteiger partial charge in [0.1, 0.15) is 12.4 Å². The SMILES string of the molecule is CCN1CCC[C@H]1CNCc1cc(Br)c(OCc2c(F)cccc2Cl)c(OC)c1. The molecule has 2 aromatic rings. The van der Waals surface area contributed by atoms with Gasteiger partial charge in [-0.15, -0.1) is 0 Å². The van der Waals surface area contributed by atoms with Crippen LogP contribution >= 0.6 is 27.5 Å². The Hall–Kier alpha value is -1.34. The van der Waals surface area contributed by atoms with Crippen LogP contribution in [0.4, 0.5) is 4.39 Å². The number of hydrogen-bond acceptors (Lipinski definition) is 4. The molecule has 1 N–H and O–H groups in total. The van der Waals surface area contributed by atoms with Gasteiger partial charge in [-0.05, 0) is 71.7 Å². The number of hydrogen-bond donors (Lipinski definition) is 1. The maximum atomic E-state index is 14.0. The lowest BCUT2D eigenvalue weighted by molar-refractivity contribution is 0.259. The van der Waals surface area contributed by atoms with E-state index in [0.717, 1.165) is 29.7 Å². The van der Waals surface area contributed by atoms with E-state index >= 15 is 0 Å². The van der Waals surface area contributed by atoms with Crippen molar-refractivity contribution in [1.29, 1.82) is 0 Å². The standard InChI is InChI=1S/C22H27BrClFN2O2/c1-3-27-9-5-6-16(27)13-26-12-15-10-18(23)22(21(11-15)28-2)29-14-17-19(24)7-4-8-20(17)25/h4,7-8,10-11,16,26H,3,5-6,9,12-14H2,1-2H3/t16-/m0/s1. The van der Waals surface area contributed by atoms with E-state index in [4.69, 9.17) is 21.1 Å². The van der Waals surface area contributed by atoms with Crippen molar-refractivity contribution in [1.82, 2.24) is 10.2 Å². The van der Waals surface area contributed by atoms with Crippen molar-refractivity contribution >= 4 is 27.5 Å². The summed E-state index contributed by atoms with van der Waals surface area (Å²) in [5.41, 5.74) is 1.41. The summed E-state index contributed by atoms with van der Waals surface area (Å²) in [7, 11) is 1.60. The van der Waals surface area contributed by atoms with Crippen LogP contribution in [0.15, 0.2) is 34.8 Å². The number of likely N-dealkylation sites (N-methyl/N-ethyl adjacent to an activating group) is 1. The highest BCUT2D eigenvalue weighted by Gasteiger charge is 2.22. The normalized spacial score (nSPS) is 16.9. The van der Waals surface area contributed by atoms with Gasteiger partial charge in [0.2, 0.25) is 0 Å². The number of rotatable bonds is 9. The highest BCUT2D eigenvalue weighted by molar-refractivity contribution is 9.10. The molecule has 1 saturated heterocycles. The molecule has 1 atom stereocenters. The third-order valence-corrected chi connectivity index (χ3v) is 6.27. The van der Waals surface area contributed by atoms with Gasteiger partial charge in [-0.25, -0.2) is 4.39 Å². The van der Waals surface area contributed by atoms with Crippen LogP contribution in [0.1, 0.15) is 30.9 Å². The molecule has 0 unspecified atom stereocenters. The van der Waals surface area contributed by atoms with Crippen molar-refractivity contribution in [3.05, 3.63) is 56.8 Å². The monoisotopic (exact) mass is 484 g/mol. The number of nitrogens with one attached hydrogen (secondary N) is 1. The first-order valence-corrected chi connectivity index (χ1v) is 11.1. The fourth-order valence-corrected chi connectivity index (χ4v) is 4.58. The zero-order valence-electron chi connectivity index (χ0n) is 16.8. The highest BCUT2D eigenvalue weighted by atomic mass is 79.9. The number of halogens is 3. The fraction of sp³-hybridized carbons (Fsp3) is 0.455. The summed E-state index contributed by atoms with van der Waals surface area (Å²) in [5.74, 6) is 0.740. The van der Waals surface area contributed by atoms with Crippen LogP contribution in [0.5, 0.6) is 11.5 Å². The van der Waals surface area contributed by atoms with E-state index < -0.39 is 0 Å². The summed E-state index contributed by atoms with van der Waals surface area (Å²) in [4.78, 5) is 2.52. The zero-order valence-corrected chi connectivity index (χ0v) is 19.2. The Morgan fingerprint density at radius 2 is 2.17 bits per heavy atom. The van der Waals surface area contributed by atoms with Gasteiger partial charge in [0.15, 0.2) is 11.5 Å². The maximum absolute atomic E-state index is 14.0. The van der Waals surface area contributed by atoms with Crippen molar-refractivity contribution in [3.8, 4) is 11.5 Å². The van der Waals surface area contributed by atoms with E-state index in [9.17, 15) is 4.39 Å². The number of nitrogens with zero attached hydrogens (tertiary/aromatic N) is 1. The molecule has 4 nitrogen and oxygen atoms in total. The summed E-state index contributed by atoms with van der Waals surface area (Å²) < 4.78 is 26.1. The van der Waals surface area contributed by atoms with Gasteiger partial charge >= 0.3 is 0 Å². The first kappa shape index (κ1) is 22.3. The minimum Gasteiger partial charge on any atom is -0.493 e. The summed E-state index contributed by atoms with van der Waals surface area (Å²) in [6.07, 6.45) is 2.52. The molecule has 0 aliphatic carbocycles. The van der Waals surface area contributed by atoms with Crippen molar-refractivity contribution in [2.24, 2.45) is 0 Å². The molecular formula is C22H27BrClFN2O2. The van der Waals surface area contributed by atoms with Crippen LogP contribution in [0.3, 0.4) is 0 Å². The minimum atomic E-state index is -0.388. The molecule has 0 radical (unpaired) electrons. The van der Waals surface area contributed by atoms with Crippen molar-refractivity contribution < 1.29 is 13.9 Å². The summed E-state index contributed by atoms with van der Waals surface area (Å²) in [5, 5.41) is 3.89. The van der Waals surface area contributed by atoms with Gasteiger partial charge in [0.25, 0.3) is 0 Å². The molecule has 0 aromatic heterocycles. The second kappa shape index (κ2) is 10.6. The summed E-state index contributed by atoms with van der Waals surface area (Å²) >= 11 is 9.65. The van der Waals surface area contributed by atoms with Crippen LogP contribution in [0, 0.1) is 5.82 Å². The van der Waals surface area contributed by atoms with Crippen LogP contribution < -0.4 is 14.8 Å². The summed E-state index contributed by atoms with van der Waals surface area (Å²) in [6, 6.07) is 9.15. The highest BCUT2D eigenvalue weighted by Crippen LogP contribution is 2.37. The summed E-state index contributed by atoms with van der Waals surface area (Å²) in [6.45, 7) is 6.24. The Morgan fingerprint density at radius 3 is 2.90 bits per heavy atom. The van der Waals surface area contributed by atoms with Crippen molar-refractivity contribution in [2.45, 2.75) is 39.0 Å². The second-order valence-corrected chi connectivity index (χ2v) is 8.41. The van der Waals surface area contributed by atoms with E-state index in [-0.39, 0.29) is 12.4 Å². The molecule has 0 spiro atoms. The number of methoxy groups -OCH3 is 1. The Balaban J connectivity index is 1.64. The molecule has 1 heterocycles. The first-order valence-electron chi connectivity index (χ1n) is 9.90. The third-order valence-electron chi connectivity index (χ3n) is 5.33. The van der Waals surface area contributed by atoms with E-state index in [1.165, 1.54) is 25.5 Å². The molecular weight excluding hydrogens is 459 g/mol. The second-order valence-electron chi connectivity index (χ2n) is 7.15. The van der Waals surface area contributed by atoms with E-state index in [1.54, 1.807) is 19.2 Å². The Morgan fingerprint density at radius 1 is 1.34 bits per heavy atom. The van der Waals surface area contributed by atoms with Gasteiger partial charge in [-0.2, -0.15) is 0 Å². The van der Waals surface area contributed by atoms with Gasteiger partial charge in [0, 0.05) is 24.7 Å². The molecule has 0 bridgehead atoms. The lowest BCUT2D eigenvalue weighted by atomic mass is 10.1. The van der Waals surface area contributed by atoms with E-state index in [2.05, 4.69) is 33.1 Å². The molecule has 29 heavy (non-hydrogen) atoms. The molecule has 0 amide bonds. The zero-order chi connectivity index (χ0) is 20.8. The van der Waals surface area contributed by atoms with Crippen LogP contribution in [0.2, 0.25) is 5.02 Å². The van der Waals surface area contributed by atoms with Crippen molar-refractivity contribution in [3.63, 3.8) is 0 Å². The third kappa shape index (κ3) is 5.63. The number of ether oxygens (including phenoxy) is 2. The smallest absolute Gasteiger partial charge is 0.175 e. The Labute approximate surface area is 185 Å². The molecule has 2 aromatic carbocycles. The topological polar surface area (TPSA) is 33.7 Å².